The Morgan fingerprint density at radius 3 is 2.75 bits per heavy atom. The maximum absolute atomic E-state index is 10.5. The van der Waals surface area contributed by atoms with E-state index in [-0.39, 0.29) is 0 Å². The summed E-state index contributed by atoms with van der Waals surface area (Å²) in [6.07, 6.45) is -0.872. The predicted molar refractivity (Wildman–Crippen MR) is 85.2 cm³/mol. The van der Waals surface area contributed by atoms with Gasteiger partial charge in [-0.15, -0.1) is 0 Å². The van der Waals surface area contributed by atoms with Crippen molar-refractivity contribution in [2.24, 2.45) is 0 Å². The number of nitrogens with two attached hydrogens (primary N) is 1. The van der Waals surface area contributed by atoms with Crippen molar-refractivity contribution in [3.8, 4) is 5.75 Å². The molecule has 0 radical (unpaired) electrons. The van der Waals surface area contributed by atoms with Gasteiger partial charge >= 0.3 is 0 Å². The van der Waals surface area contributed by atoms with E-state index in [4.69, 9.17) is 22.1 Å². The number of ether oxygens (including phenoxy) is 1. The van der Waals surface area contributed by atoms with Crippen molar-refractivity contribution in [3.63, 3.8) is 0 Å². The van der Waals surface area contributed by atoms with E-state index in [1.54, 1.807) is 18.2 Å². The molecule has 0 aliphatic heterocycles. The first-order valence-electron chi connectivity index (χ1n) is 6.18. The molecule has 0 amide bonds. The van der Waals surface area contributed by atoms with Gasteiger partial charge in [-0.05, 0) is 47.1 Å². The summed E-state index contributed by atoms with van der Waals surface area (Å²) in [5.41, 5.74) is 7.67. The summed E-state index contributed by atoms with van der Waals surface area (Å²) in [5, 5.41) is 11.1. The molecule has 2 aromatic carbocycles. The van der Waals surface area contributed by atoms with Gasteiger partial charge in [0.05, 0.1) is 11.1 Å². The number of benzene rings is 2. The Balaban J connectivity index is 2.45. The fourth-order valence-electron chi connectivity index (χ4n) is 1.96. The average Bonchev–Trinajstić information content (AvgIpc) is 2.43. The third-order valence-corrected chi connectivity index (χ3v) is 4.01. The SMILES string of the molecule is CCOc1cccc(C(O)c2cc(Cl)ccc2N)c1Br. The minimum Gasteiger partial charge on any atom is -0.493 e. The third-order valence-electron chi connectivity index (χ3n) is 2.93. The Hall–Kier alpha value is -1.23. The van der Waals surface area contributed by atoms with Crippen LogP contribution in [0.15, 0.2) is 40.9 Å². The van der Waals surface area contributed by atoms with Crippen molar-refractivity contribution in [2.45, 2.75) is 13.0 Å². The smallest absolute Gasteiger partial charge is 0.133 e. The number of halogens is 2. The summed E-state index contributed by atoms with van der Waals surface area (Å²) in [4.78, 5) is 0. The van der Waals surface area contributed by atoms with E-state index in [9.17, 15) is 5.11 Å². The Morgan fingerprint density at radius 1 is 1.30 bits per heavy atom. The summed E-state index contributed by atoms with van der Waals surface area (Å²) in [6.45, 7) is 2.46. The number of anilines is 1. The van der Waals surface area contributed by atoms with Crippen LogP contribution in [-0.4, -0.2) is 11.7 Å². The van der Waals surface area contributed by atoms with Crippen molar-refractivity contribution in [1.29, 1.82) is 0 Å². The largest absolute Gasteiger partial charge is 0.493 e. The van der Waals surface area contributed by atoms with Gasteiger partial charge in [-0.25, -0.2) is 0 Å². The number of nitrogen functional groups attached to an aromatic ring is 1. The maximum Gasteiger partial charge on any atom is 0.133 e. The van der Waals surface area contributed by atoms with E-state index in [2.05, 4.69) is 15.9 Å². The van der Waals surface area contributed by atoms with Gasteiger partial charge in [0, 0.05) is 21.8 Å². The molecule has 0 aromatic heterocycles. The van der Waals surface area contributed by atoms with Crippen LogP contribution in [0.3, 0.4) is 0 Å². The van der Waals surface area contributed by atoms with Gasteiger partial charge in [-0.2, -0.15) is 0 Å². The monoisotopic (exact) mass is 355 g/mol. The molecule has 0 spiro atoms. The van der Waals surface area contributed by atoms with Crippen LogP contribution in [0, 0.1) is 0 Å². The van der Waals surface area contributed by atoms with Gasteiger partial charge in [-0.3, -0.25) is 0 Å². The van der Waals surface area contributed by atoms with Crippen LogP contribution in [0.1, 0.15) is 24.2 Å². The lowest BCUT2D eigenvalue weighted by Crippen LogP contribution is -2.05. The lowest BCUT2D eigenvalue weighted by molar-refractivity contribution is 0.219. The molecule has 2 rings (SSSR count). The highest BCUT2D eigenvalue weighted by Crippen LogP contribution is 2.37. The molecule has 3 nitrogen and oxygen atoms in total. The van der Waals surface area contributed by atoms with E-state index >= 15 is 0 Å². The summed E-state index contributed by atoms with van der Waals surface area (Å²) < 4.78 is 6.22. The van der Waals surface area contributed by atoms with E-state index < -0.39 is 6.10 Å². The quantitative estimate of drug-likeness (QED) is 0.809. The zero-order valence-electron chi connectivity index (χ0n) is 10.9. The molecule has 1 atom stereocenters. The lowest BCUT2D eigenvalue weighted by atomic mass is 10.00. The van der Waals surface area contributed by atoms with Crippen molar-refractivity contribution >= 4 is 33.2 Å². The molecule has 0 fully saturated rings. The highest BCUT2D eigenvalue weighted by molar-refractivity contribution is 9.10. The van der Waals surface area contributed by atoms with Crippen LogP contribution < -0.4 is 10.5 Å². The van der Waals surface area contributed by atoms with Crippen molar-refractivity contribution in [3.05, 3.63) is 57.0 Å². The van der Waals surface area contributed by atoms with Gasteiger partial charge < -0.3 is 15.6 Å². The molecule has 5 heteroatoms. The topological polar surface area (TPSA) is 55.5 Å². The van der Waals surface area contributed by atoms with Crippen molar-refractivity contribution in [1.82, 2.24) is 0 Å². The van der Waals surface area contributed by atoms with Crippen molar-refractivity contribution in [2.75, 3.05) is 12.3 Å². The van der Waals surface area contributed by atoms with E-state index in [0.717, 1.165) is 0 Å². The van der Waals surface area contributed by atoms with E-state index in [1.165, 1.54) is 0 Å². The molecule has 0 heterocycles. The van der Waals surface area contributed by atoms with Gasteiger partial charge in [0.1, 0.15) is 11.9 Å². The standard InChI is InChI=1S/C15H15BrClNO2/c1-2-20-13-5-3-4-10(14(13)16)15(19)11-8-9(17)6-7-12(11)18/h3-8,15,19H,2,18H2,1H3. The van der Waals surface area contributed by atoms with Crippen molar-refractivity contribution < 1.29 is 9.84 Å². The maximum atomic E-state index is 10.5. The fraction of sp³-hybridized carbons (Fsp3) is 0.200. The summed E-state index contributed by atoms with van der Waals surface area (Å²) in [7, 11) is 0. The van der Waals surface area contributed by atoms with Gasteiger partial charge in [0.25, 0.3) is 0 Å². The zero-order valence-corrected chi connectivity index (χ0v) is 13.3. The number of aliphatic hydroxyl groups is 1. The average molecular weight is 357 g/mol. The van der Waals surface area contributed by atoms with Crippen LogP contribution in [0.4, 0.5) is 5.69 Å². The molecule has 0 aliphatic carbocycles. The number of aliphatic hydroxyl groups excluding tert-OH is 1. The second kappa shape index (κ2) is 6.48. The minimum atomic E-state index is -0.872. The molecule has 2 aromatic rings. The first-order valence-corrected chi connectivity index (χ1v) is 7.36. The predicted octanol–water partition coefficient (Wildman–Crippen LogP) is 4.17. The van der Waals surface area contributed by atoms with Gasteiger partial charge in [0.2, 0.25) is 0 Å². The van der Waals surface area contributed by atoms with Gasteiger partial charge in [-0.1, -0.05) is 23.7 Å². The van der Waals surface area contributed by atoms with Crippen LogP contribution >= 0.6 is 27.5 Å². The highest BCUT2D eigenvalue weighted by Gasteiger charge is 2.18. The fourth-order valence-corrected chi connectivity index (χ4v) is 2.73. The second-order valence-electron chi connectivity index (χ2n) is 4.27. The molecule has 1 unspecified atom stereocenters. The molecule has 0 saturated carbocycles. The summed E-state index contributed by atoms with van der Waals surface area (Å²) in [6, 6.07) is 10.5. The minimum absolute atomic E-state index is 0.496. The molecular weight excluding hydrogens is 342 g/mol. The second-order valence-corrected chi connectivity index (χ2v) is 5.50. The number of rotatable bonds is 4. The van der Waals surface area contributed by atoms with Crippen LogP contribution in [0.2, 0.25) is 5.02 Å². The Kier molecular flexibility index (Phi) is 4.91. The molecule has 106 valence electrons. The van der Waals surface area contributed by atoms with E-state index in [1.807, 2.05) is 25.1 Å². The molecular formula is C15H15BrClNO2. The summed E-state index contributed by atoms with van der Waals surface area (Å²) >= 11 is 9.43. The zero-order chi connectivity index (χ0) is 14.7. The van der Waals surface area contributed by atoms with Crippen LogP contribution in [0.25, 0.3) is 0 Å². The molecule has 0 saturated heterocycles. The molecule has 20 heavy (non-hydrogen) atoms. The number of hydrogen-bond acceptors (Lipinski definition) is 3. The molecule has 0 aliphatic rings. The Labute approximate surface area is 131 Å². The third kappa shape index (κ3) is 3.08. The molecule has 0 bridgehead atoms. The summed E-state index contributed by atoms with van der Waals surface area (Å²) in [5.74, 6) is 0.685. The van der Waals surface area contributed by atoms with Gasteiger partial charge in [0.15, 0.2) is 0 Å². The first kappa shape index (κ1) is 15.2. The normalized spacial score (nSPS) is 12.2. The first-order chi connectivity index (χ1) is 9.54. The number of hydrogen-bond donors (Lipinski definition) is 2. The lowest BCUT2D eigenvalue weighted by Gasteiger charge is -2.17. The Morgan fingerprint density at radius 2 is 2.05 bits per heavy atom. The molecule has 3 N–H and O–H groups in total. The van der Waals surface area contributed by atoms with Crippen LogP contribution in [-0.2, 0) is 0 Å². The Bertz CT molecular complexity index is 619. The van der Waals surface area contributed by atoms with Crippen LogP contribution in [0.5, 0.6) is 5.75 Å². The highest BCUT2D eigenvalue weighted by atomic mass is 79.9. The van der Waals surface area contributed by atoms with E-state index in [0.29, 0.717) is 38.7 Å².